The number of rotatable bonds is 7. The molecule has 3 rings (SSSR count). The maximum absolute atomic E-state index is 13.9. The van der Waals surface area contributed by atoms with Gasteiger partial charge in [0.25, 0.3) is 0 Å². The molecule has 0 aromatic heterocycles. The van der Waals surface area contributed by atoms with E-state index in [0.717, 1.165) is 25.6 Å². The third-order valence-electron chi connectivity index (χ3n) is 6.22. The van der Waals surface area contributed by atoms with Crippen LogP contribution in [0.15, 0.2) is 29.2 Å². The molecule has 1 aromatic carbocycles. The lowest BCUT2D eigenvalue weighted by molar-refractivity contribution is -0.133. The van der Waals surface area contributed by atoms with Gasteiger partial charge in [-0.25, -0.2) is 12.8 Å². The summed E-state index contributed by atoms with van der Waals surface area (Å²) in [6, 6.07) is 5.99. The zero-order valence-electron chi connectivity index (χ0n) is 18.0. The van der Waals surface area contributed by atoms with Gasteiger partial charge in [0.05, 0.1) is 6.54 Å². The van der Waals surface area contributed by atoms with E-state index in [2.05, 4.69) is 11.9 Å². The Morgan fingerprint density at radius 1 is 1.13 bits per heavy atom. The van der Waals surface area contributed by atoms with Crippen LogP contribution in [0.2, 0.25) is 0 Å². The van der Waals surface area contributed by atoms with Crippen LogP contribution in [0.25, 0.3) is 0 Å². The van der Waals surface area contributed by atoms with Crippen LogP contribution >= 0.6 is 0 Å². The molecule has 1 atom stereocenters. The lowest BCUT2D eigenvalue weighted by atomic mass is 10.00. The zero-order valence-corrected chi connectivity index (χ0v) is 18.8. The summed E-state index contributed by atoms with van der Waals surface area (Å²) >= 11 is 0. The van der Waals surface area contributed by atoms with Crippen LogP contribution in [-0.4, -0.2) is 99.3 Å². The van der Waals surface area contributed by atoms with Crippen molar-refractivity contribution in [3.63, 3.8) is 0 Å². The van der Waals surface area contributed by atoms with Gasteiger partial charge in [0.1, 0.15) is 10.7 Å². The number of likely N-dealkylation sites (tertiary alicyclic amines) is 1. The molecule has 0 spiro atoms. The molecule has 2 aliphatic rings. The van der Waals surface area contributed by atoms with Crippen molar-refractivity contribution in [3.8, 4) is 0 Å². The first-order valence-corrected chi connectivity index (χ1v) is 12.1. The molecule has 0 aliphatic carbocycles. The predicted molar refractivity (Wildman–Crippen MR) is 114 cm³/mol. The van der Waals surface area contributed by atoms with Gasteiger partial charge in [0.2, 0.25) is 15.9 Å². The highest BCUT2D eigenvalue weighted by molar-refractivity contribution is 7.89. The third-order valence-corrected chi connectivity index (χ3v) is 8.15. The monoisotopic (exact) mass is 440 g/mol. The number of benzene rings is 1. The van der Waals surface area contributed by atoms with Crippen molar-refractivity contribution in [2.75, 3.05) is 59.9 Å². The highest BCUT2D eigenvalue weighted by Gasteiger charge is 2.32. The largest absolute Gasteiger partial charge is 0.339 e. The minimum Gasteiger partial charge on any atom is -0.339 e. The fraction of sp³-hybridized carbons (Fsp3) is 0.667. The number of likely N-dealkylation sites (N-methyl/N-ethyl adjacent to an activating group) is 1. The summed E-state index contributed by atoms with van der Waals surface area (Å²) in [6.45, 7) is 3.35. The van der Waals surface area contributed by atoms with Crippen molar-refractivity contribution in [2.45, 2.75) is 36.6 Å². The number of carbonyl (C=O) groups excluding carboxylic acids is 1. The number of carbonyl (C=O) groups is 1. The Morgan fingerprint density at radius 3 is 2.50 bits per heavy atom. The number of hydrogen-bond acceptors (Lipinski definition) is 5. The SMILES string of the molecule is CN(CC[C@H]1CCCCN1C)CC(=O)N1CCN(S(=O)(=O)c2ccccc2F)CC1. The van der Waals surface area contributed by atoms with Gasteiger partial charge < -0.3 is 9.80 Å². The molecule has 0 bridgehead atoms. The molecular formula is C21H33FN4O3S. The van der Waals surface area contributed by atoms with Crippen LogP contribution in [0.4, 0.5) is 4.39 Å². The number of halogens is 1. The van der Waals surface area contributed by atoms with Crippen molar-refractivity contribution >= 4 is 15.9 Å². The van der Waals surface area contributed by atoms with Crippen molar-refractivity contribution in [2.24, 2.45) is 0 Å². The van der Waals surface area contributed by atoms with Crippen LogP contribution < -0.4 is 0 Å². The summed E-state index contributed by atoms with van der Waals surface area (Å²) in [7, 11) is 0.243. The van der Waals surface area contributed by atoms with E-state index in [0.29, 0.717) is 25.7 Å². The minimum absolute atomic E-state index is 0.0115. The second-order valence-electron chi connectivity index (χ2n) is 8.37. The Kier molecular flexibility index (Phi) is 7.84. The molecule has 9 heteroatoms. The molecule has 2 saturated heterocycles. The maximum Gasteiger partial charge on any atom is 0.246 e. The third kappa shape index (κ3) is 5.57. The molecule has 2 heterocycles. The molecule has 0 radical (unpaired) electrons. The second kappa shape index (κ2) is 10.2. The van der Waals surface area contributed by atoms with Crippen LogP contribution in [-0.2, 0) is 14.8 Å². The van der Waals surface area contributed by atoms with E-state index in [4.69, 9.17) is 0 Å². The van der Waals surface area contributed by atoms with Gasteiger partial charge >= 0.3 is 0 Å². The van der Waals surface area contributed by atoms with Crippen molar-refractivity contribution < 1.29 is 17.6 Å². The van der Waals surface area contributed by atoms with Gasteiger partial charge in [0.15, 0.2) is 0 Å². The summed E-state index contributed by atoms with van der Waals surface area (Å²) in [5, 5.41) is 0. The van der Waals surface area contributed by atoms with Gasteiger partial charge in [-0.2, -0.15) is 4.31 Å². The molecular weight excluding hydrogens is 407 g/mol. The van der Waals surface area contributed by atoms with E-state index >= 15 is 0 Å². The molecule has 0 N–H and O–H groups in total. The number of amides is 1. The van der Waals surface area contributed by atoms with E-state index in [1.807, 2.05) is 11.9 Å². The fourth-order valence-electron chi connectivity index (χ4n) is 4.26. The predicted octanol–water partition coefficient (Wildman–Crippen LogP) is 1.46. The average molecular weight is 441 g/mol. The number of nitrogens with zero attached hydrogens (tertiary/aromatic N) is 4. The van der Waals surface area contributed by atoms with Crippen LogP contribution in [0.1, 0.15) is 25.7 Å². The molecule has 0 unspecified atom stereocenters. The molecule has 0 saturated carbocycles. The van der Waals surface area contributed by atoms with Crippen molar-refractivity contribution in [1.29, 1.82) is 0 Å². The van der Waals surface area contributed by atoms with Gasteiger partial charge in [-0.1, -0.05) is 18.6 Å². The summed E-state index contributed by atoms with van der Waals surface area (Å²) < 4.78 is 40.6. The summed E-state index contributed by atoms with van der Waals surface area (Å²) in [6.07, 6.45) is 4.81. The van der Waals surface area contributed by atoms with Crippen molar-refractivity contribution in [1.82, 2.24) is 19.0 Å². The molecule has 1 aromatic rings. The first-order valence-electron chi connectivity index (χ1n) is 10.7. The first-order chi connectivity index (χ1) is 14.3. The van der Waals surface area contributed by atoms with Gasteiger partial charge in [-0.05, 0) is 58.6 Å². The lowest BCUT2D eigenvalue weighted by Crippen LogP contribution is -2.52. The molecule has 168 valence electrons. The van der Waals surface area contributed by atoms with Gasteiger partial charge in [-0.3, -0.25) is 9.69 Å². The Labute approximate surface area is 179 Å². The smallest absolute Gasteiger partial charge is 0.246 e. The molecule has 7 nitrogen and oxygen atoms in total. The number of piperidine rings is 1. The maximum atomic E-state index is 13.9. The lowest BCUT2D eigenvalue weighted by Gasteiger charge is -2.35. The highest BCUT2D eigenvalue weighted by atomic mass is 32.2. The molecule has 1 amide bonds. The van der Waals surface area contributed by atoms with E-state index in [1.165, 1.54) is 41.8 Å². The van der Waals surface area contributed by atoms with Gasteiger partial charge in [-0.15, -0.1) is 0 Å². The highest BCUT2D eigenvalue weighted by Crippen LogP contribution is 2.21. The second-order valence-corrected chi connectivity index (χ2v) is 10.3. The molecule has 30 heavy (non-hydrogen) atoms. The Balaban J connectivity index is 1.46. The number of sulfonamides is 1. The van der Waals surface area contributed by atoms with Crippen LogP contribution in [0, 0.1) is 5.82 Å². The Hall–Kier alpha value is -1.55. The topological polar surface area (TPSA) is 64.2 Å². The zero-order chi connectivity index (χ0) is 21.7. The van der Waals surface area contributed by atoms with E-state index in [1.54, 1.807) is 4.90 Å². The van der Waals surface area contributed by atoms with Gasteiger partial charge in [0, 0.05) is 32.2 Å². The first kappa shape index (κ1) is 23.1. The molecule has 2 fully saturated rings. The normalized spacial score (nSPS) is 21.9. The average Bonchev–Trinajstić information content (AvgIpc) is 2.73. The fourth-order valence-corrected chi connectivity index (χ4v) is 5.75. The Bertz CT molecular complexity index is 827. The minimum atomic E-state index is -3.89. The van der Waals surface area contributed by atoms with E-state index in [-0.39, 0.29) is 23.9 Å². The Morgan fingerprint density at radius 2 is 1.83 bits per heavy atom. The number of piperazine rings is 1. The summed E-state index contributed by atoms with van der Waals surface area (Å²) in [5.41, 5.74) is 0. The van der Waals surface area contributed by atoms with Crippen LogP contribution in [0.5, 0.6) is 0 Å². The van der Waals surface area contributed by atoms with E-state index < -0.39 is 15.8 Å². The van der Waals surface area contributed by atoms with E-state index in [9.17, 15) is 17.6 Å². The summed E-state index contributed by atoms with van der Waals surface area (Å²) in [5.74, 6) is -0.737. The van der Waals surface area contributed by atoms with Crippen LogP contribution in [0.3, 0.4) is 0 Å². The standard InChI is InChI=1S/C21H33FN4O3S/c1-23(12-10-18-7-5-6-11-24(18)2)17-21(27)25-13-15-26(16-14-25)30(28,29)20-9-4-3-8-19(20)22/h3-4,8-9,18H,5-7,10-17H2,1-2H3/t18-/m1/s1. The van der Waals surface area contributed by atoms with Crippen molar-refractivity contribution in [3.05, 3.63) is 30.1 Å². The molecule has 2 aliphatic heterocycles. The summed E-state index contributed by atoms with van der Waals surface area (Å²) in [4.78, 5) is 18.5. The number of hydrogen-bond donors (Lipinski definition) is 0. The quantitative estimate of drug-likeness (QED) is 0.643.